The van der Waals surface area contributed by atoms with Crippen molar-refractivity contribution in [3.8, 4) is 0 Å². The van der Waals surface area contributed by atoms with Crippen LogP contribution in [0.4, 0.5) is 0 Å². The summed E-state index contributed by atoms with van der Waals surface area (Å²) in [4.78, 5) is 12.0. The van der Waals surface area contributed by atoms with Crippen LogP contribution in [0.5, 0.6) is 0 Å². The van der Waals surface area contributed by atoms with E-state index in [0.29, 0.717) is 16.9 Å². The number of thioether (sulfide) groups is 1. The second kappa shape index (κ2) is 5.35. The molecule has 1 heterocycles. The fraction of sp³-hybridized carbons (Fsp3) is 0.308. The number of hydrogen-bond acceptors (Lipinski definition) is 5. The average molecular weight is 262 g/mol. The van der Waals surface area contributed by atoms with E-state index in [4.69, 9.17) is 4.42 Å². The van der Waals surface area contributed by atoms with Gasteiger partial charge in [-0.25, -0.2) is 0 Å². The van der Waals surface area contributed by atoms with Gasteiger partial charge in [0.05, 0.1) is 5.75 Å². The molecule has 0 aliphatic heterocycles. The quantitative estimate of drug-likeness (QED) is 0.626. The Kier molecular flexibility index (Phi) is 3.81. The number of carbonyl (C=O) groups is 1. The Balaban J connectivity index is 2.01. The third kappa shape index (κ3) is 2.98. The number of ketones is 1. The summed E-state index contributed by atoms with van der Waals surface area (Å²) in [6, 6.07) is 5.73. The summed E-state index contributed by atoms with van der Waals surface area (Å²) >= 11 is 1.26. The highest BCUT2D eigenvalue weighted by molar-refractivity contribution is 7.99. The van der Waals surface area contributed by atoms with Crippen molar-refractivity contribution >= 4 is 17.5 Å². The number of aromatic nitrogens is 2. The van der Waals surface area contributed by atoms with Crippen molar-refractivity contribution in [2.24, 2.45) is 0 Å². The largest absolute Gasteiger partial charge is 0.416 e. The number of aryl methyl sites for hydroxylation is 3. The molecule has 1 aromatic heterocycles. The van der Waals surface area contributed by atoms with Crippen LogP contribution in [0.15, 0.2) is 27.8 Å². The minimum Gasteiger partial charge on any atom is -0.416 e. The molecule has 2 rings (SSSR count). The summed E-state index contributed by atoms with van der Waals surface area (Å²) in [6.07, 6.45) is 0. The van der Waals surface area contributed by atoms with Gasteiger partial charge < -0.3 is 4.42 Å². The number of nitrogens with zero attached hydrogens (tertiary/aromatic N) is 2. The zero-order chi connectivity index (χ0) is 13.1. The van der Waals surface area contributed by atoms with Crippen LogP contribution in [0.1, 0.15) is 27.4 Å². The van der Waals surface area contributed by atoms with Crippen LogP contribution in [0.2, 0.25) is 0 Å². The normalized spacial score (nSPS) is 10.6. The van der Waals surface area contributed by atoms with Crippen LogP contribution in [-0.2, 0) is 0 Å². The molecule has 0 fully saturated rings. The number of hydrogen-bond donors (Lipinski definition) is 0. The van der Waals surface area contributed by atoms with E-state index >= 15 is 0 Å². The molecular weight excluding hydrogens is 248 g/mol. The van der Waals surface area contributed by atoms with Gasteiger partial charge in [-0.3, -0.25) is 4.79 Å². The molecule has 1 aromatic carbocycles. The Morgan fingerprint density at radius 3 is 2.61 bits per heavy atom. The van der Waals surface area contributed by atoms with Gasteiger partial charge in [0.25, 0.3) is 5.22 Å². The van der Waals surface area contributed by atoms with E-state index in [1.807, 2.05) is 32.0 Å². The molecule has 0 unspecified atom stereocenters. The molecule has 5 heteroatoms. The summed E-state index contributed by atoms with van der Waals surface area (Å²) in [5.41, 5.74) is 3.04. The van der Waals surface area contributed by atoms with E-state index in [1.54, 1.807) is 6.92 Å². The molecule has 4 nitrogen and oxygen atoms in total. The zero-order valence-corrected chi connectivity index (χ0v) is 11.4. The summed E-state index contributed by atoms with van der Waals surface area (Å²) < 4.78 is 5.20. The van der Waals surface area contributed by atoms with E-state index in [-0.39, 0.29) is 5.78 Å². The summed E-state index contributed by atoms with van der Waals surface area (Å²) in [5.74, 6) is 0.888. The molecular formula is C13H14N2O2S. The van der Waals surface area contributed by atoms with Crippen molar-refractivity contribution in [2.75, 3.05) is 5.75 Å². The van der Waals surface area contributed by atoms with Crippen molar-refractivity contribution < 1.29 is 9.21 Å². The lowest BCUT2D eigenvalue weighted by atomic mass is 10.0. The van der Waals surface area contributed by atoms with E-state index in [2.05, 4.69) is 10.2 Å². The Morgan fingerprint density at radius 2 is 2.00 bits per heavy atom. The molecule has 18 heavy (non-hydrogen) atoms. The van der Waals surface area contributed by atoms with Gasteiger partial charge in [-0.1, -0.05) is 23.9 Å². The molecule has 0 saturated carbocycles. The predicted octanol–water partition coefficient (Wildman–Crippen LogP) is 2.97. The molecule has 0 N–H and O–H groups in total. The second-order valence-corrected chi connectivity index (χ2v) is 5.02. The molecule has 94 valence electrons. The third-order valence-corrected chi connectivity index (χ3v) is 3.48. The molecule has 0 amide bonds. The second-order valence-electron chi connectivity index (χ2n) is 4.10. The van der Waals surface area contributed by atoms with E-state index < -0.39 is 0 Å². The van der Waals surface area contributed by atoms with Gasteiger partial charge in [0.1, 0.15) is 0 Å². The number of benzene rings is 1. The number of rotatable bonds is 4. The molecule has 0 saturated heterocycles. The maximum absolute atomic E-state index is 12.0. The van der Waals surface area contributed by atoms with E-state index in [1.165, 1.54) is 17.3 Å². The van der Waals surface area contributed by atoms with Crippen LogP contribution in [-0.4, -0.2) is 21.7 Å². The van der Waals surface area contributed by atoms with Crippen LogP contribution in [0.25, 0.3) is 0 Å². The summed E-state index contributed by atoms with van der Waals surface area (Å²) in [6.45, 7) is 5.75. The predicted molar refractivity (Wildman–Crippen MR) is 70.0 cm³/mol. The molecule has 0 aliphatic carbocycles. The summed E-state index contributed by atoms with van der Waals surface area (Å²) in [7, 11) is 0. The minimum absolute atomic E-state index is 0.0685. The maximum Gasteiger partial charge on any atom is 0.277 e. The van der Waals surface area contributed by atoms with Crippen LogP contribution < -0.4 is 0 Å². The van der Waals surface area contributed by atoms with Crippen molar-refractivity contribution in [2.45, 2.75) is 26.0 Å². The first kappa shape index (κ1) is 12.8. The van der Waals surface area contributed by atoms with E-state index in [0.717, 1.165) is 11.1 Å². The van der Waals surface area contributed by atoms with Crippen LogP contribution >= 0.6 is 11.8 Å². The monoisotopic (exact) mass is 262 g/mol. The van der Waals surface area contributed by atoms with Crippen LogP contribution in [0, 0.1) is 20.8 Å². The lowest BCUT2D eigenvalue weighted by Crippen LogP contribution is -2.03. The fourth-order valence-corrected chi connectivity index (χ4v) is 2.16. The molecule has 0 spiro atoms. The van der Waals surface area contributed by atoms with Crippen molar-refractivity contribution in [3.05, 3.63) is 40.8 Å². The maximum atomic E-state index is 12.0. The first-order chi connectivity index (χ1) is 8.56. The lowest BCUT2D eigenvalue weighted by Gasteiger charge is -2.03. The number of carbonyl (C=O) groups excluding carboxylic acids is 1. The van der Waals surface area contributed by atoms with Gasteiger partial charge >= 0.3 is 0 Å². The van der Waals surface area contributed by atoms with Gasteiger partial charge in [0.2, 0.25) is 5.89 Å². The van der Waals surface area contributed by atoms with Crippen LogP contribution in [0.3, 0.4) is 0 Å². The Labute approximate surface area is 110 Å². The SMILES string of the molecule is Cc1nnc(SCC(=O)c2ccc(C)c(C)c2)o1. The minimum atomic E-state index is 0.0685. The van der Waals surface area contributed by atoms with Gasteiger partial charge in [-0.05, 0) is 31.0 Å². The Morgan fingerprint density at radius 1 is 1.22 bits per heavy atom. The molecule has 0 radical (unpaired) electrons. The third-order valence-electron chi connectivity index (χ3n) is 2.66. The van der Waals surface area contributed by atoms with Gasteiger partial charge in [-0.2, -0.15) is 0 Å². The number of Topliss-reactive ketones (excluding diaryl/α,β-unsaturated/α-hetero) is 1. The molecule has 0 bridgehead atoms. The highest BCUT2D eigenvalue weighted by Crippen LogP contribution is 2.18. The molecule has 0 aliphatic rings. The first-order valence-electron chi connectivity index (χ1n) is 5.59. The van der Waals surface area contributed by atoms with Gasteiger partial charge in [0.15, 0.2) is 5.78 Å². The Bertz CT molecular complexity index is 578. The van der Waals surface area contributed by atoms with Gasteiger partial charge in [0, 0.05) is 12.5 Å². The summed E-state index contributed by atoms with van der Waals surface area (Å²) in [5, 5.41) is 7.99. The first-order valence-corrected chi connectivity index (χ1v) is 6.58. The van der Waals surface area contributed by atoms with E-state index in [9.17, 15) is 4.79 Å². The standard InChI is InChI=1S/C13H14N2O2S/c1-8-4-5-11(6-9(8)2)12(16)7-18-13-15-14-10(3)17-13/h4-6H,7H2,1-3H3. The van der Waals surface area contributed by atoms with Gasteiger partial charge in [-0.15, -0.1) is 10.2 Å². The fourth-order valence-electron chi connectivity index (χ4n) is 1.46. The lowest BCUT2D eigenvalue weighted by molar-refractivity contribution is 0.102. The zero-order valence-electron chi connectivity index (χ0n) is 10.6. The smallest absolute Gasteiger partial charge is 0.277 e. The average Bonchev–Trinajstić information content (AvgIpc) is 2.75. The topological polar surface area (TPSA) is 56.0 Å². The van der Waals surface area contributed by atoms with Crippen molar-refractivity contribution in [1.29, 1.82) is 0 Å². The van der Waals surface area contributed by atoms with Crippen molar-refractivity contribution in [1.82, 2.24) is 10.2 Å². The highest BCUT2D eigenvalue weighted by atomic mass is 32.2. The van der Waals surface area contributed by atoms with Crippen molar-refractivity contribution in [3.63, 3.8) is 0 Å². The Hall–Kier alpha value is -1.62. The highest BCUT2D eigenvalue weighted by Gasteiger charge is 2.10. The molecule has 2 aromatic rings. The molecule has 0 atom stereocenters.